The average Bonchev–Trinajstić information content (AvgIpc) is 2.41. The number of carbonyl (C=O) groups is 1. The third-order valence-corrected chi connectivity index (χ3v) is 4.17. The first-order valence-electron chi connectivity index (χ1n) is 7.00. The quantitative estimate of drug-likeness (QED) is 0.682. The summed E-state index contributed by atoms with van der Waals surface area (Å²) < 4.78 is 25.3. The second-order valence-corrected chi connectivity index (χ2v) is 6.80. The third kappa shape index (κ3) is 6.59. The molecular weight excluding hydrogens is 290 g/mol. The average molecular weight is 313 g/mol. The van der Waals surface area contributed by atoms with Crippen molar-refractivity contribution in [1.29, 1.82) is 0 Å². The summed E-state index contributed by atoms with van der Waals surface area (Å²) in [6, 6.07) is 6.70. The first kappa shape index (κ1) is 17.5. The minimum atomic E-state index is -3.28. The van der Waals surface area contributed by atoms with Gasteiger partial charge in [0, 0.05) is 23.8 Å². The highest BCUT2D eigenvalue weighted by Gasteiger charge is 2.09. The van der Waals surface area contributed by atoms with Crippen LogP contribution in [0.5, 0.6) is 0 Å². The summed E-state index contributed by atoms with van der Waals surface area (Å²) in [7, 11) is -3.28. The Hall–Kier alpha value is -1.60. The van der Waals surface area contributed by atoms with Crippen molar-refractivity contribution in [2.45, 2.75) is 33.2 Å². The van der Waals surface area contributed by atoms with E-state index < -0.39 is 10.0 Å². The molecular formula is C14H23N3O3S. The summed E-state index contributed by atoms with van der Waals surface area (Å²) in [6.07, 6.45) is 0.387. The topological polar surface area (TPSA) is 87.3 Å². The van der Waals surface area contributed by atoms with Gasteiger partial charge in [-0.05, 0) is 44.7 Å². The van der Waals surface area contributed by atoms with Crippen LogP contribution in [-0.2, 0) is 14.8 Å². The number of benzene rings is 1. The Morgan fingerprint density at radius 1 is 1.14 bits per heavy atom. The number of rotatable bonds is 8. The van der Waals surface area contributed by atoms with Gasteiger partial charge in [-0.15, -0.1) is 0 Å². The summed E-state index contributed by atoms with van der Waals surface area (Å²) in [5.74, 6) is -0.0568. The van der Waals surface area contributed by atoms with E-state index >= 15 is 0 Å². The van der Waals surface area contributed by atoms with Gasteiger partial charge in [-0.1, -0.05) is 6.92 Å². The second-order valence-electron chi connectivity index (χ2n) is 4.79. The molecule has 0 bridgehead atoms. The van der Waals surface area contributed by atoms with E-state index in [-0.39, 0.29) is 17.7 Å². The third-order valence-electron chi connectivity index (χ3n) is 2.87. The lowest BCUT2D eigenvalue weighted by Crippen LogP contribution is -2.30. The van der Waals surface area contributed by atoms with Gasteiger partial charge in [0.15, 0.2) is 0 Å². The largest absolute Gasteiger partial charge is 0.326 e. The van der Waals surface area contributed by atoms with E-state index in [2.05, 4.69) is 15.4 Å². The van der Waals surface area contributed by atoms with Gasteiger partial charge >= 0.3 is 0 Å². The first-order chi connectivity index (χ1) is 9.86. The first-order valence-corrected chi connectivity index (χ1v) is 8.65. The van der Waals surface area contributed by atoms with Crippen LogP contribution in [0.4, 0.5) is 11.4 Å². The van der Waals surface area contributed by atoms with Crippen molar-refractivity contribution < 1.29 is 13.2 Å². The van der Waals surface area contributed by atoms with E-state index in [1.807, 2.05) is 13.8 Å². The molecule has 0 saturated heterocycles. The Morgan fingerprint density at radius 3 is 2.24 bits per heavy atom. The molecule has 0 aliphatic carbocycles. The Labute approximate surface area is 126 Å². The number of nitrogens with one attached hydrogen (secondary N) is 3. The Bertz CT molecular complexity index is 555. The molecule has 21 heavy (non-hydrogen) atoms. The minimum absolute atomic E-state index is 0.0216. The van der Waals surface area contributed by atoms with Crippen molar-refractivity contribution in [3.05, 3.63) is 24.3 Å². The summed E-state index contributed by atoms with van der Waals surface area (Å²) in [6.45, 7) is 6.33. The normalized spacial score (nSPS) is 12.7. The number of amides is 1. The zero-order valence-corrected chi connectivity index (χ0v) is 13.5. The molecule has 1 unspecified atom stereocenters. The van der Waals surface area contributed by atoms with Crippen LogP contribution in [0, 0.1) is 0 Å². The summed E-state index contributed by atoms with van der Waals surface area (Å²) in [4.78, 5) is 11.8. The van der Waals surface area contributed by atoms with Gasteiger partial charge in [0.1, 0.15) is 0 Å². The maximum absolute atomic E-state index is 11.8. The van der Waals surface area contributed by atoms with E-state index in [4.69, 9.17) is 0 Å². The molecule has 0 fully saturated rings. The highest BCUT2D eigenvalue weighted by Crippen LogP contribution is 2.15. The predicted octanol–water partition coefficient (Wildman–Crippen LogP) is 1.77. The van der Waals surface area contributed by atoms with Crippen molar-refractivity contribution in [3.63, 3.8) is 0 Å². The van der Waals surface area contributed by atoms with Crippen molar-refractivity contribution in [3.8, 4) is 0 Å². The van der Waals surface area contributed by atoms with Crippen molar-refractivity contribution in [2.75, 3.05) is 22.3 Å². The molecule has 1 atom stereocenters. The number of anilines is 2. The lowest BCUT2D eigenvalue weighted by molar-refractivity contribution is -0.116. The van der Waals surface area contributed by atoms with Crippen LogP contribution in [0.15, 0.2) is 24.3 Å². The highest BCUT2D eigenvalue weighted by atomic mass is 32.2. The smallest absolute Gasteiger partial charge is 0.232 e. The SMILES string of the molecule is CCNC(C)CC(=O)Nc1ccc(NS(=O)(=O)CC)cc1. The molecule has 0 heterocycles. The minimum Gasteiger partial charge on any atom is -0.326 e. The predicted molar refractivity (Wildman–Crippen MR) is 85.9 cm³/mol. The van der Waals surface area contributed by atoms with E-state index in [1.165, 1.54) is 0 Å². The molecule has 1 rings (SSSR count). The summed E-state index contributed by atoms with van der Waals surface area (Å²) in [5.41, 5.74) is 1.12. The molecule has 1 aromatic rings. The Kier molecular flexibility index (Phi) is 6.64. The standard InChI is InChI=1S/C14H23N3O3S/c1-4-15-11(3)10-14(18)16-12-6-8-13(9-7-12)17-21(19,20)5-2/h6-9,11,15,17H,4-5,10H2,1-3H3,(H,16,18). The summed E-state index contributed by atoms with van der Waals surface area (Å²) >= 11 is 0. The zero-order chi connectivity index (χ0) is 15.9. The summed E-state index contributed by atoms with van der Waals surface area (Å²) in [5, 5.41) is 5.95. The molecule has 0 aliphatic rings. The number of carbonyl (C=O) groups excluding carboxylic acids is 1. The van der Waals surface area contributed by atoms with E-state index in [0.717, 1.165) is 6.54 Å². The van der Waals surface area contributed by atoms with Gasteiger partial charge in [-0.25, -0.2) is 8.42 Å². The highest BCUT2D eigenvalue weighted by molar-refractivity contribution is 7.92. The van der Waals surface area contributed by atoms with Crippen LogP contribution < -0.4 is 15.4 Å². The molecule has 0 spiro atoms. The van der Waals surface area contributed by atoms with Crippen LogP contribution in [-0.4, -0.2) is 32.7 Å². The van der Waals surface area contributed by atoms with Crippen LogP contribution in [0.3, 0.4) is 0 Å². The van der Waals surface area contributed by atoms with E-state index in [0.29, 0.717) is 17.8 Å². The molecule has 0 aromatic heterocycles. The van der Waals surface area contributed by atoms with Crippen LogP contribution in [0.25, 0.3) is 0 Å². The Balaban J connectivity index is 2.57. The van der Waals surface area contributed by atoms with Gasteiger partial charge in [0.2, 0.25) is 15.9 Å². The lowest BCUT2D eigenvalue weighted by Gasteiger charge is -2.12. The monoisotopic (exact) mass is 313 g/mol. The van der Waals surface area contributed by atoms with Crippen LogP contribution in [0.2, 0.25) is 0 Å². The van der Waals surface area contributed by atoms with Crippen molar-refractivity contribution in [1.82, 2.24) is 5.32 Å². The maximum atomic E-state index is 11.8. The van der Waals surface area contributed by atoms with Crippen molar-refractivity contribution in [2.24, 2.45) is 0 Å². The fourth-order valence-electron chi connectivity index (χ4n) is 1.78. The van der Waals surface area contributed by atoms with Crippen LogP contribution in [0.1, 0.15) is 27.2 Å². The van der Waals surface area contributed by atoms with Gasteiger partial charge < -0.3 is 10.6 Å². The van der Waals surface area contributed by atoms with Gasteiger partial charge in [-0.2, -0.15) is 0 Å². The van der Waals surface area contributed by atoms with Crippen LogP contribution >= 0.6 is 0 Å². The molecule has 1 amide bonds. The second kappa shape index (κ2) is 7.99. The lowest BCUT2D eigenvalue weighted by atomic mass is 10.2. The number of hydrogen-bond acceptors (Lipinski definition) is 4. The molecule has 0 radical (unpaired) electrons. The maximum Gasteiger partial charge on any atom is 0.232 e. The van der Waals surface area contributed by atoms with Gasteiger partial charge in [-0.3, -0.25) is 9.52 Å². The van der Waals surface area contributed by atoms with Crippen molar-refractivity contribution >= 4 is 27.3 Å². The molecule has 118 valence electrons. The molecule has 7 heteroatoms. The zero-order valence-electron chi connectivity index (χ0n) is 12.6. The number of sulfonamides is 1. The number of hydrogen-bond donors (Lipinski definition) is 3. The van der Waals surface area contributed by atoms with E-state index in [1.54, 1.807) is 31.2 Å². The van der Waals surface area contributed by atoms with Gasteiger partial charge in [0.25, 0.3) is 0 Å². The molecule has 1 aromatic carbocycles. The van der Waals surface area contributed by atoms with Gasteiger partial charge in [0.05, 0.1) is 5.75 Å². The van der Waals surface area contributed by atoms with E-state index in [9.17, 15) is 13.2 Å². The molecule has 6 nitrogen and oxygen atoms in total. The fourth-order valence-corrected chi connectivity index (χ4v) is 2.42. The fraction of sp³-hybridized carbons (Fsp3) is 0.500. The molecule has 0 aliphatic heterocycles. The Morgan fingerprint density at radius 2 is 1.71 bits per heavy atom. The molecule has 0 saturated carbocycles. The molecule has 3 N–H and O–H groups in total.